The molecule has 0 radical (unpaired) electrons. The highest BCUT2D eigenvalue weighted by Crippen LogP contribution is 2.40. The average molecular weight is 344 g/mol. The van der Waals surface area contributed by atoms with E-state index in [0.29, 0.717) is 22.8 Å². The molecular weight excluding hydrogens is 328 g/mol. The van der Waals surface area contributed by atoms with Gasteiger partial charge in [0.05, 0.1) is 22.9 Å². The number of ether oxygens (including phenoxy) is 1. The van der Waals surface area contributed by atoms with Crippen LogP contribution in [0, 0.1) is 6.92 Å². The molecule has 0 fully saturated rings. The number of aromatic nitrogens is 1. The van der Waals surface area contributed by atoms with Crippen molar-refractivity contribution in [1.29, 1.82) is 0 Å². The Labute approximate surface area is 142 Å². The van der Waals surface area contributed by atoms with Crippen molar-refractivity contribution >= 4 is 39.3 Å². The number of fused-ring (bicyclic) bond motifs is 1. The minimum absolute atomic E-state index is 0.206. The van der Waals surface area contributed by atoms with Gasteiger partial charge in [0, 0.05) is 6.42 Å². The van der Waals surface area contributed by atoms with Crippen LogP contribution in [0.15, 0.2) is 28.7 Å². The quantitative estimate of drug-likeness (QED) is 0.724. The summed E-state index contributed by atoms with van der Waals surface area (Å²) in [5.41, 5.74) is 1.56. The van der Waals surface area contributed by atoms with Crippen LogP contribution in [0.3, 0.4) is 0 Å². The maximum atomic E-state index is 12.2. The molecule has 6 nitrogen and oxygen atoms in total. The molecule has 0 saturated heterocycles. The van der Waals surface area contributed by atoms with Gasteiger partial charge in [-0.15, -0.1) is 11.3 Å². The summed E-state index contributed by atoms with van der Waals surface area (Å²) in [4.78, 5) is 28.6. The minimum Gasteiger partial charge on any atom is -0.465 e. The molecule has 0 spiro atoms. The van der Waals surface area contributed by atoms with Crippen molar-refractivity contribution in [2.24, 2.45) is 0 Å². The molecule has 0 bridgehead atoms. The second kappa shape index (κ2) is 6.45. The molecule has 24 heavy (non-hydrogen) atoms. The Balaban J connectivity index is 2.22. The van der Waals surface area contributed by atoms with Crippen molar-refractivity contribution in [2.75, 3.05) is 12.4 Å². The van der Waals surface area contributed by atoms with Gasteiger partial charge in [0.1, 0.15) is 16.3 Å². The second-order valence-corrected chi connectivity index (χ2v) is 6.15. The molecular formula is C17H16N2O4S. The monoisotopic (exact) mass is 344 g/mol. The number of nitrogens with zero attached hydrogens (tertiary/aromatic N) is 1. The number of furan rings is 1. The number of benzene rings is 1. The molecule has 0 aliphatic heterocycles. The van der Waals surface area contributed by atoms with E-state index in [1.165, 1.54) is 18.4 Å². The van der Waals surface area contributed by atoms with Crippen molar-refractivity contribution < 1.29 is 18.7 Å². The van der Waals surface area contributed by atoms with E-state index in [9.17, 15) is 9.59 Å². The van der Waals surface area contributed by atoms with Crippen molar-refractivity contribution in [2.45, 2.75) is 20.3 Å². The number of anilines is 1. The molecule has 0 saturated carbocycles. The smallest absolute Gasteiger partial charge is 0.342 e. The Kier molecular flexibility index (Phi) is 4.35. The molecule has 1 N–H and O–H groups in total. The number of para-hydroxylation sites is 1. The molecule has 1 aromatic carbocycles. The van der Waals surface area contributed by atoms with Crippen LogP contribution in [0.4, 0.5) is 5.88 Å². The van der Waals surface area contributed by atoms with E-state index in [-0.39, 0.29) is 17.4 Å². The summed E-state index contributed by atoms with van der Waals surface area (Å²) in [5.74, 6) is -0.133. The van der Waals surface area contributed by atoms with Gasteiger partial charge in [-0.3, -0.25) is 10.1 Å². The minimum atomic E-state index is -0.525. The third-order valence-corrected chi connectivity index (χ3v) is 4.61. The van der Waals surface area contributed by atoms with Crippen LogP contribution in [0.5, 0.6) is 0 Å². The van der Waals surface area contributed by atoms with E-state index in [4.69, 9.17) is 9.15 Å². The Morgan fingerprint density at radius 3 is 2.75 bits per heavy atom. The second-order valence-electron chi connectivity index (χ2n) is 5.12. The summed E-state index contributed by atoms with van der Waals surface area (Å²) in [5, 5.41) is 3.29. The van der Waals surface area contributed by atoms with Gasteiger partial charge >= 0.3 is 5.97 Å². The van der Waals surface area contributed by atoms with E-state index < -0.39 is 5.97 Å². The first-order chi connectivity index (χ1) is 11.5. The lowest BCUT2D eigenvalue weighted by atomic mass is 10.1. The van der Waals surface area contributed by atoms with Crippen LogP contribution in [0.25, 0.3) is 20.8 Å². The zero-order valence-corrected chi connectivity index (χ0v) is 14.3. The summed E-state index contributed by atoms with van der Waals surface area (Å²) >= 11 is 1.42. The van der Waals surface area contributed by atoms with Gasteiger partial charge in [-0.25, -0.2) is 9.78 Å². The number of amides is 1. The van der Waals surface area contributed by atoms with Crippen LogP contribution in [0.1, 0.15) is 29.5 Å². The maximum Gasteiger partial charge on any atom is 0.342 e. The fraction of sp³-hybridized carbons (Fsp3) is 0.235. The highest BCUT2D eigenvalue weighted by Gasteiger charge is 2.28. The summed E-state index contributed by atoms with van der Waals surface area (Å²) < 4.78 is 11.5. The van der Waals surface area contributed by atoms with Gasteiger partial charge in [-0.2, -0.15) is 0 Å². The van der Waals surface area contributed by atoms with E-state index in [1.807, 2.05) is 24.3 Å². The number of hydrogen-bond donors (Lipinski definition) is 1. The van der Waals surface area contributed by atoms with Gasteiger partial charge in [0.15, 0.2) is 0 Å². The number of methoxy groups -OCH3 is 1. The number of aryl methyl sites for hydroxylation is 1. The third-order valence-electron chi connectivity index (χ3n) is 3.56. The maximum absolute atomic E-state index is 12.2. The van der Waals surface area contributed by atoms with Crippen LogP contribution >= 0.6 is 11.3 Å². The van der Waals surface area contributed by atoms with Crippen LogP contribution in [-0.4, -0.2) is 24.0 Å². The Hall–Kier alpha value is -2.67. The number of thiazole rings is 1. The van der Waals surface area contributed by atoms with Crippen LogP contribution in [-0.2, 0) is 9.53 Å². The lowest BCUT2D eigenvalue weighted by Crippen LogP contribution is -2.10. The Morgan fingerprint density at radius 1 is 1.33 bits per heavy atom. The summed E-state index contributed by atoms with van der Waals surface area (Å²) in [7, 11) is 1.31. The first-order valence-electron chi connectivity index (χ1n) is 7.42. The van der Waals surface area contributed by atoms with E-state index >= 15 is 0 Å². The fourth-order valence-corrected chi connectivity index (χ4v) is 3.39. The lowest BCUT2D eigenvalue weighted by molar-refractivity contribution is -0.116. The molecule has 124 valence electrons. The van der Waals surface area contributed by atoms with Gasteiger partial charge in [0.2, 0.25) is 11.8 Å². The fourth-order valence-electron chi connectivity index (χ4n) is 2.38. The molecule has 3 aromatic rings. The molecule has 0 atom stereocenters. The highest BCUT2D eigenvalue weighted by molar-refractivity contribution is 7.21. The number of carbonyl (C=O) groups excluding carboxylic acids is 2. The summed E-state index contributed by atoms with van der Waals surface area (Å²) in [6.07, 6.45) is 0.298. The van der Waals surface area contributed by atoms with Crippen molar-refractivity contribution in [3.63, 3.8) is 0 Å². The summed E-state index contributed by atoms with van der Waals surface area (Å²) in [6, 6.07) is 7.66. The van der Waals surface area contributed by atoms with Crippen molar-refractivity contribution in [1.82, 2.24) is 4.98 Å². The van der Waals surface area contributed by atoms with E-state index in [1.54, 1.807) is 13.8 Å². The number of esters is 1. The van der Waals surface area contributed by atoms with Crippen molar-refractivity contribution in [3.8, 4) is 10.6 Å². The standard InChI is InChI=1S/C17H16N2O4S/c1-4-12(20)19-15-14(13(9(2)23-15)17(21)22-3)16-18-10-7-5-6-8-11(10)24-16/h5-8H,4H2,1-3H3,(H,19,20). The summed E-state index contributed by atoms with van der Waals surface area (Å²) in [6.45, 7) is 3.40. The predicted molar refractivity (Wildman–Crippen MR) is 92.3 cm³/mol. The zero-order chi connectivity index (χ0) is 17.3. The van der Waals surface area contributed by atoms with Gasteiger partial charge < -0.3 is 9.15 Å². The van der Waals surface area contributed by atoms with Gasteiger partial charge in [0.25, 0.3) is 0 Å². The Morgan fingerprint density at radius 2 is 2.08 bits per heavy atom. The topological polar surface area (TPSA) is 81.4 Å². The molecule has 1 amide bonds. The van der Waals surface area contributed by atoms with Crippen LogP contribution in [0.2, 0.25) is 0 Å². The normalized spacial score (nSPS) is 10.8. The predicted octanol–water partition coefficient (Wildman–Crippen LogP) is 4.00. The molecule has 2 heterocycles. The van der Waals surface area contributed by atoms with Gasteiger partial charge in [-0.1, -0.05) is 19.1 Å². The molecule has 0 aliphatic carbocycles. The zero-order valence-electron chi connectivity index (χ0n) is 13.5. The van der Waals surface area contributed by atoms with E-state index in [0.717, 1.165) is 10.2 Å². The van der Waals surface area contributed by atoms with Crippen LogP contribution < -0.4 is 5.32 Å². The first kappa shape index (κ1) is 16.2. The van der Waals surface area contributed by atoms with E-state index in [2.05, 4.69) is 10.3 Å². The molecule has 3 rings (SSSR count). The number of hydrogen-bond acceptors (Lipinski definition) is 6. The largest absolute Gasteiger partial charge is 0.465 e. The van der Waals surface area contributed by atoms with Crippen molar-refractivity contribution in [3.05, 3.63) is 35.6 Å². The first-order valence-corrected chi connectivity index (χ1v) is 8.24. The highest BCUT2D eigenvalue weighted by atomic mass is 32.1. The molecule has 2 aromatic heterocycles. The molecule has 0 aliphatic rings. The number of nitrogens with one attached hydrogen (secondary N) is 1. The Bertz CT molecular complexity index is 893. The lowest BCUT2D eigenvalue weighted by Gasteiger charge is -2.03. The molecule has 0 unspecified atom stereocenters. The van der Waals surface area contributed by atoms with Gasteiger partial charge in [-0.05, 0) is 19.1 Å². The SMILES string of the molecule is CCC(=O)Nc1oc(C)c(C(=O)OC)c1-c1nc2ccccc2s1. The molecule has 7 heteroatoms. The average Bonchev–Trinajstić information content (AvgIpc) is 3.14. The number of carbonyl (C=O) groups is 2. The third kappa shape index (κ3) is 2.78. The number of rotatable bonds is 4.